The Labute approximate surface area is 105 Å². The molecule has 0 aromatic heterocycles. The molecule has 0 aliphatic carbocycles. The molecule has 1 aromatic rings. The molecule has 0 radical (unpaired) electrons. The van der Waals surface area contributed by atoms with Crippen molar-refractivity contribution in [2.75, 3.05) is 0 Å². The summed E-state index contributed by atoms with van der Waals surface area (Å²) in [5.74, 6) is -0.519. The molecule has 98 valence electrons. The molecular weight excluding hydrogens is 236 g/mol. The first-order valence-electron chi connectivity index (χ1n) is 5.66. The minimum atomic E-state index is -0.522. The quantitative estimate of drug-likeness (QED) is 0.490. The standard InChI is InChI=1S/C12H16N2O4/c1-3-11(8(2)13)18-12(15)9-4-6-10(7-5-9)14(16)17/h4-8,11H,3,13H2,1-2H3/t8-,11?/m0/s1. The summed E-state index contributed by atoms with van der Waals surface area (Å²) in [5, 5.41) is 10.5. The molecule has 0 amide bonds. The van der Waals surface area contributed by atoms with Crippen LogP contribution < -0.4 is 5.73 Å². The van der Waals surface area contributed by atoms with Gasteiger partial charge in [0.1, 0.15) is 6.10 Å². The number of benzene rings is 1. The molecule has 2 N–H and O–H groups in total. The maximum Gasteiger partial charge on any atom is 0.338 e. The lowest BCUT2D eigenvalue weighted by Crippen LogP contribution is -2.35. The van der Waals surface area contributed by atoms with Crippen LogP contribution in [0.3, 0.4) is 0 Å². The Morgan fingerprint density at radius 1 is 1.44 bits per heavy atom. The molecule has 0 spiro atoms. The number of hydrogen-bond donors (Lipinski definition) is 1. The van der Waals surface area contributed by atoms with Crippen molar-refractivity contribution in [3.63, 3.8) is 0 Å². The fourth-order valence-corrected chi connectivity index (χ4v) is 1.49. The van der Waals surface area contributed by atoms with Gasteiger partial charge in [-0.15, -0.1) is 0 Å². The summed E-state index contributed by atoms with van der Waals surface area (Å²) in [4.78, 5) is 21.7. The van der Waals surface area contributed by atoms with Gasteiger partial charge in [0.05, 0.1) is 10.5 Å². The van der Waals surface area contributed by atoms with Gasteiger partial charge in [-0.2, -0.15) is 0 Å². The second-order valence-corrected chi connectivity index (χ2v) is 4.02. The predicted molar refractivity (Wildman–Crippen MR) is 66.2 cm³/mol. The maximum atomic E-state index is 11.8. The molecule has 18 heavy (non-hydrogen) atoms. The number of carbonyl (C=O) groups is 1. The molecule has 0 heterocycles. The zero-order chi connectivity index (χ0) is 13.7. The lowest BCUT2D eigenvalue weighted by molar-refractivity contribution is -0.384. The third kappa shape index (κ3) is 3.53. The highest BCUT2D eigenvalue weighted by atomic mass is 16.6. The van der Waals surface area contributed by atoms with E-state index in [0.717, 1.165) is 0 Å². The van der Waals surface area contributed by atoms with Gasteiger partial charge in [0.25, 0.3) is 5.69 Å². The fourth-order valence-electron chi connectivity index (χ4n) is 1.49. The summed E-state index contributed by atoms with van der Waals surface area (Å²) in [6.07, 6.45) is 0.267. The van der Waals surface area contributed by atoms with Gasteiger partial charge in [0.2, 0.25) is 0 Å². The molecule has 0 fully saturated rings. The average Bonchev–Trinajstić information content (AvgIpc) is 2.35. The Balaban J connectivity index is 2.75. The fraction of sp³-hybridized carbons (Fsp3) is 0.417. The molecular formula is C12H16N2O4. The first-order valence-corrected chi connectivity index (χ1v) is 5.66. The van der Waals surface area contributed by atoms with Crippen molar-refractivity contribution >= 4 is 11.7 Å². The van der Waals surface area contributed by atoms with E-state index in [1.165, 1.54) is 24.3 Å². The first kappa shape index (κ1) is 14.1. The Bertz CT molecular complexity index is 428. The zero-order valence-corrected chi connectivity index (χ0v) is 10.3. The van der Waals surface area contributed by atoms with Gasteiger partial charge < -0.3 is 10.5 Å². The molecule has 6 heteroatoms. The van der Waals surface area contributed by atoms with Crippen LogP contribution in [-0.2, 0) is 4.74 Å². The van der Waals surface area contributed by atoms with Crippen LogP contribution in [0, 0.1) is 10.1 Å². The molecule has 1 rings (SSSR count). The summed E-state index contributed by atoms with van der Waals surface area (Å²) in [6.45, 7) is 3.63. The van der Waals surface area contributed by atoms with E-state index in [1.807, 2.05) is 6.92 Å². The van der Waals surface area contributed by atoms with Crippen molar-refractivity contribution in [3.8, 4) is 0 Å². The number of carbonyl (C=O) groups excluding carboxylic acids is 1. The second kappa shape index (κ2) is 6.11. The normalized spacial score (nSPS) is 13.7. The number of non-ortho nitro benzene ring substituents is 1. The van der Waals surface area contributed by atoms with Gasteiger partial charge >= 0.3 is 5.97 Å². The smallest absolute Gasteiger partial charge is 0.338 e. The van der Waals surface area contributed by atoms with Gasteiger partial charge in [0.15, 0.2) is 0 Å². The third-order valence-electron chi connectivity index (χ3n) is 2.56. The van der Waals surface area contributed by atoms with E-state index in [1.54, 1.807) is 6.92 Å². The van der Waals surface area contributed by atoms with Gasteiger partial charge in [-0.1, -0.05) is 6.92 Å². The molecule has 1 aromatic carbocycles. The van der Waals surface area contributed by atoms with E-state index in [-0.39, 0.29) is 23.4 Å². The minimum absolute atomic E-state index is 0.0641. The van der Waals surface area contributed by atoms with E-state index in [4.69, 9.17) is 10.5 Å². The lowest BCUT2D eigenvalue weighted by atomic mass is 10.1. The maximum absolute atomic E-state index is 11.8. The Kier molecular flexibility index (Phi) is 4.79. The van der Waals surface area contributed by atoms with Crippen LogP contribution in [0.4, 0.5) is 5.69 Å². The van der Waals surface area contributed by atoms with E-state index in [9.17, 15) is 14.9 Å². The van der Waals surface area contributed by atoms with Gasteiger partial charge in [-0.3, -0.25) is 10.1 Å². The lowest BCUT2D eigenvalue weighted by Gasteiger charge is -2.19. The zero-order valence-electron chi connectivity index (χ0n) is 10.3. The number of nitrogens with zero attached hydrogens (tertiary/aromatic N) is 1. The summed E-state index contributed by atoms with van der Waals surface area (Å²) < 4.78 is 5.21. The first-order chi connectivity index (χ1) is 8.45. The SMILES string of the molecule is CCC(OC(=O)c1ccc([N+](=O)[O-])cc1)[C@H](C)N. The van der Waals surface area contributed by atoms with Crippen LogP contribution in [0.5, 0.6) is 0 Å². The number of ether oxygens (including phenoxy) is 1. The van der Waals surface area contributed by atoms with Crippen LogP contribution in [0.25, 0.3) is 0 Å². The molecule has 0 aliphatic heterocycles. The van der Waals surface area contributed by atoms with Crippen molar-refractivity contribution in [2.24, 2.45) is 5.73 Å². The number of nitrogens with two attached hydrogens (primary N) is 1. The number of esters is 1. The average molecular weight is 252 g/mol. The molecule has 2 atom stereocenters. The van der Waals surface area contributed by atoms with Crippen LogP contribution in [-0.4, -0.2) is 23.0 Å². The van der Waals surface area contributed by atoms with Crippen LogP contribution in [0.2, 0.25) is 0 Å². The van der Waals surface area contributed by atoms with Crippen molar-refractivity contribution in [1.29, 1.82) is 0 Å². The van der Waals surface area contributed by atoms with Crippen molar-refractivity contribution in [1.82, 2.24) is 0 Å². The Morgan fingerprint density at radius 2 is 2.00 bits per heavy atom. The number of hydrogen-bond acceptors (Lipinski definition) is 5. The van der Waals surface area contributed by atoms with Gasteiger partial charge in [-0.25, -0.2) is 4.79 Å². The summed E-state index contributed by atoms with van der Waals surface area (Å²) in [5.41, 5.74) is 5.88. The third-order valence-corrected chi connectivity index (χ3v) is 2.56. The number of nitro groups is 1. The van der Waals surface area contributed by atoms with E-state index < -0.39 is 10.9 Å². The molecule has 0 saturated heterocycles. The van der Waals surface area contributed by atoms with Crippen LogP contribution in [0.15, 0.2) is 24.3 Å². The number of rotatable bonds is 5. The summed E-state index contributed by atoms with van der Waals surface area (Å²) in [7, 11) is 0. The van der Waals surface area contributed by atoms with Crippen LogP contribution in [0.1, 0.15) is 30.6 Å². The largest absolute Gasteiger partial charge is 0.457 e. The Hall–Kier alpha value is -1.95. The molecule has 0 saturated carbocycles. The number of nitro benzene ring substituents is 1. The van der Waals surface area contributed by atoms with Crippen molar-refractivity contribution in [2.45, 2.75) is 32.4 Å². The topological polar surface area (TPSA) is 95.5 Å². The summed E-state index contributed by atoms with van der Waals surface area (Å²) >= 11 is 0. The highest BCUT2D eigenvalue weighted by molar-refractivity contribution is 5.89. The molecule has 0 bridgehead atoms. The monoisotopic (exact) mass is 252 g/mol. The van der Waals surface area contributed by atoms with Crippen molar-refractivity contribution < 1.29 is 14.5 Å². The second-order valence-electron chi connectivity index (χ2n) is 4.02. The van der Waals surface area contributed by atoms with Crippen LogP contribution >= 0.6 is 0 Å². The van der Waals surface area contributed by atoms with Gasteiger partial charge in [0, 0.05) is 18.2 Å². The van der Waals surface area contributed by atoms with E-state index in [2.05, 4.69) is 0 Å². The highest BCUT2D eigenvalue weighted by Gasteiger charge is 2.18. The predicted octanol–water partition coefficient (Wildman–Crippen LogP) is 1.88. The highest BCUT2D eigenvalue weighted by Crippen LogP contribution is 2.14. The van der Waals surface area contributed by atoms with Gasteiger partial charge in [-0.05, 0) is 25.5 Å². The van der Waals surface area contributed by atoms with E-state index >= 15 is 0 Å². The molecule has 1 unspecified atom stereocenters. The molecule has 6 nitrogen and oxygen atoms in total. The van der Waals surface area contributed by atoms with E-state index in [0.29, 0.717) is 6.42 Å². The Morgan fingerprint density at radius 3 is 2.39 bits per heavy atom. The molecule has 0 aliphatic rings. The summed E-state index contributed by atoms with van der Waals surface area (Å²) in [6, 6.07) is 5.02. The van der Waals surface area contributed by atoms with Crippen molar-refractivity contribution in [3.05, 3.63) is 39.9 Å². The minimum Gasteiger partial charge on any atom is -0.457 e.